The zero-order valence-electron chi connectivity index (χ0n) is 16.1. The molecule has 0 fully saturated rings. The maximum Gasteiger partial charge on any atom is 0.421 e. The van der Waals surface area contributed by atoms with Crippen LogP contribution in [-0.2, 0) is 20.4 Å². The molecule has 9 nitrogen and oxygen atoms in total. The van der Waals surface area contributed by atoms with Crippen LogP contribution in [0.2, 0.25) is 5.02 Å². The Balaban J connectivity index is 2.02. The minimum absolute atomic E-state index is 0.0221. The van der Waals surface area contributed by atoms with Crippen molar-refractivity contribution < 1.29 is 26.4 Å². The van der Waals surface area contributed by atoms with E-state index < -0.39 is 55.2 Å². The summed E-state index contributed by atoms with van der Waals surface area (Å²) in [5.41, 5.74) is -8.03. The first-order valence-corrected chi connectivity index (χ1v) is 10.9. The molecule has 33 heavy (non-hydrogen) atoms. The van der Waals surface area contributed by atoms with Gasteiger partial charge in [-0.15, -0.1) is 0 Å². The molecule has 3 N–H and O–H groups in total. The van der Waals surface area contributed by atoms with E-state index in [0.717, 1.165) is 24.3 Å². The van der Waals surface area contributed by atoms with E-state index >= 15 is 0 Å². The Morgan fingerprint density at radius 1 is 0.970 bits per heavy atom. The van der Waals surface area contributed by atoms with Gasteiger partial charge in [0.2, 0.25) is 15.6 Å². The number of amides is 1. The van der Waals surface area contributed by atoms with E-state index in [1.54, 1.807) is 11.1 Å². The second-order valence-corrected chi connectivity index (χ2v) is 9.03. The van der Waals surface area contributed by atoms with Crippen LogP contribution in [0.4, 0.5) is 19.0 Å². The number of carbonyl (C=O) groups is 1. The Morgan fingerprint density at radius 3 is 2.15 bits per heavy atom. The van der Waals surface area contributed by atoms with Crippen LogP contribution in [0.25, 0.3) is 5.69 Å². The molecule has 14 heteroatoms. The highest BCUT2D eigenvalue weighted by Crippen LogP contribution is 2.46. The largest absolute Gasteiger partial charge is 0.421 e. The van der Waals surface area contributed by atoms with Crippen LogP contribution < -0.4 is 21.3 Å². The number of para-hydroxylation sites is 1. The number of H-pyrrole nitrogens is 1. The number of carbonyl (C=O) groups excluding carboxylic acids is 1. The Labute approximate surface area is 187 Å². The molecule has 3 aromatic rings. The monoisotopic (exact) mass is 500 g/mol. The van der Waals surface area contributed by atoms with Gasteiger partial charge in [-0.2, -0.15) is 17.9 Å². The number of alkyl halides is 3. The van der Waals surface area contributed by atoms with Gasteiger partial charge in [-0.25, -0.2) is 17.8 Å². The highest BCUT2D eigenvalue weighted by atomic mass is 35.5. The number of sulfonamides is 1. The lowest BCUT2D eigenvalue weighted by molar-refractivity contribution is -0.194. The van der Waals surface area contributed by atoms with Crippen molar-refractivity contribution in [3.63, 3.8) is 0 Å². The van der Waals surface area contributed by atoms with Crippen molar-refractivity contribution in [3.8, 4) is 5.69 Å². The van der Waals surface area contributed by atoms with Gasteiger partial charge in [0.1, 0.15) is 5.82 Å². The van der Waals surface area contributed by atoms with Crippen LogP contribution in [0.1, 0.15) is 5.56 Å². The van der Waals surface area contributed by atoms with Gasteiger partial charge in [0.15, 0.2) is 0 Å². The third kappa shape index (κ3) is 3.53. The fourth-order valence-electron chi connectivity index (χ4n) is 3.44. The number of nitrogens with one attached hydrogen (secondary N) is 3. The average Bonchev–Trinajstić information content (AvgIpc) is 3.01. The Kier molecular flexibility index (Phi) is 5.22. The van der Waals surface area contributed by atoms with E-state index in [1.807, 2.05) is 5.32 Å². The summed E-state index contributed by atoms with van der Waals surface area (Å²) in [7, 11) is -5.01. The molecule has 172 valence electrons. The summed E-state index contributed by atoms with van der Waals surface area (Å²) in [4.78, 5) is 38.9. The van der Waals surface area contributed by atoms with Crippen LogP contribution in [0.3, 0.4) is 0 Å². The minimum Gasteiger partial charge on any atom is -0.309 e. The van der Waals surface area contributed by atoms with Gasteiger partial charge in [-0.1, -0.05) is 29.8 Å². The van der Waals surface area contributed by atoms with Gasteiger partial charge >= 0.3 is 11.9 Å². The average molecular weight is 501 g/mol. The van der Waals surface area contributed by atoms with E-state index in [0.29, 0.717) is 4.57 Å². The van der Waals surface area contributed by atoms with Crippen LogP contribution in [0.5, 0.6) is 0 Å². The first-order valence-electron chi connectivity index (χ1n) is 9.01. The predicted octanol–water partition coefficient (Wildman–Crippen LogP) is 1.87. The maximum absolute atomic E-state index is 14.4. The summed E-state index contributed by atoms with van der Waals surface area (Å²) in [6, 6.07) is 11.3. The van der Waals surface area contributed by atoms with Crippen LogP contribution in [0, 0.1) is 0 Å². The Bertz CT molecular complexity index is 1490. The van der Waals surface area contributed by atoms with Crippen LogP contribution in [0.15, 0.2) is 69.1 Å². The minimum atomic E-state index is -5.62. The number of anilines is 1. The van der Waals surface area contributed by atoms with Gasteiger partial charge in [-0.3, -0.25) is 14.6 Å². The van der Waals surface area contributed by atoms with E-state index in [2.05, 4.69) is 0 Å². The number of nitrogens with zero attached hydrogens (tertiary/aromatic N) is 1. The smallest absolute Gasteiger partial charge is 0.309 e. The third-order valence-corrected chi connectivity index (χ3v) is 6.63. The number of rotatable bonds is 4. The van der Waals surface area contributed by atoms with Crippen LogP contribution >= 0.6 is 11.6 Å². The molecule has 1 unspecified atom stereocenters. The first kappa shape index (κ1) is 22.8. The molecule has 2 heterocycles. The van der Waals surface area contributed by atoms with Crippen molar-refractivity contribution in [1.82, 2.24) is 14.3 Å². The second-order valence-electron chi connectivity index (χ2n) is 6.92. The van der Waals surface area contributed by atoms with Crippen molar-refractivity contribution in [2.24, 2.45) is 0 Å². The van der Waals surface area contributed by atoms with Crippen molar-refractivity contribution in [2.45, 2.75) is 16.6 Å². The number of fused-ring (bicyclic) bond motifs is 1. The van der Waals surface area contributed by atoms with E-state index in [-0.39, 0.29) is 10.7 Å². The summed E-state index contributed by atoms with van der Waals surface area (Å²) in [5.74, 6) is -2.71. The predicted molar refractivity (Wildman–Crippen MR) is 111 cm³/mol. The highest BCUT2D eigenvalue weighted by Gasteiger charge is 2.69. The number of aromatic nitrogens is 2. The number of aromatic amines is 1. The molecule has 0 radical (unpaired) electrons. The van der Waals surface area contributed by atoms with Crippen LogP contribution in [-0.4, -0.2) is 30.1 Å². The van der Waals surface area contributed by atoms with E-state index in [9.17, 15) is 36.0 Å². The molecule has 1 amide bonds. The Hall–Kier alpha value is -3.42. The zero-order chi connectivity index (χ0) is 24.2. The van der Waals surface area contributed by atoms with Gasteiger partial charge in [-0.05, 0) is 36.4 Å². The molecular weight excluding hydrogens is 489 g/mol. The zero-order valence-corrected chi connectivity index (χ0v) is 17.7. The molecular formula is C19H12ClF3N4O5S. The molecule has 1 aromatic heterocycles. The fourth-order valence-corrected chi connectivity index (χ4v) is 4.89. The molecule has 0 saturated heterocycles. The lowest BCUT2D eigenvalue weighted by atomic mass is 9.93. The quantitative estimate of drug-likeness (QED) is 0.503. The van der Waals surface area contributed by atoms with Crippen molar-refractivity contribution >= 4 is 33.3 Å². The van der Waals surface area contributed by atoms with Crippen molar-refractivity contribution in [3.05, 3.63) is 86.0 Å². The molecule has 0 spiro atoms. The maximum atomic E-state index is 14.4. The molecule has 4 rings (SSSR count). The van der Waals surface area contributed by atoms with Crippen molar-refractivity contribution in [1.29, 1.82) is 0 Å². The lowest BCUT2D eigenvalue weighted by Crippen LogP contribution is -2.61. The molecule has 1 atom stereocenters. The number of benzene rings is 2. The normalized spacial score (nSPS) is 18.1. The Morgan fingerprint density at radius 2 is 1.58 bits per heavy atom. The van der Waals surface area contributed by atoms with E-state index in [4.69, 9.17) is 11.6 Å². The van der Waals surface area contributed by atoms with Crippen molar-refractivity contribution in [2.75, 3.05) is 5.32 Å². The molecule has 2 aromatic carbocycles. The molecule has 1 aliphatic rings. The van der Waals surface area contributed by atoms with Gasteiger partial charge in [0.25, 0.3) is 11.5 Å². The summed E-state index contributed by atoms with van der Waals surface area (Å²) >= 11 is 5.70. The highest BCUT2D eigenvalue weighted by molar-refractivity contribution is 7.89. The molecule has 0 bridgehead atoms. The topological polar surface area (TPSA) is 130 Å². The first-order chi connectivity index (χ1) is 15.4. The molecule has 1 aliphatic heterocycles. The summed E-state index contributed by atoms with van der Waals surface area (Å²) in [6.45, 7) is 0. The van der Waals surface area contributed by atoms with Gasteiger partial charge in [0.05, 0.1) is 16.1 Å². The third-order valence-electron chi connectivity index (χ3n) is 4.91. The summed E-state index contributed by atoms with van der Waals surface area (Å²) in [6.07, 6.45) is -5.62. The summed E-state index contributed by atoms with van der Waals surface area (Å²) in [5, 5.41) is 1.98. The summed E-state index contributed by atoms with van der Waals surface area (Å²) < 4.78 is 70.9. The van der Waals surface area contributed by atoms with Gasteiger partial charge < -0.3 is 5.32 Å². The molecule has 0 saturated carbocycles. The van der Waals surface area contributed by atoms with Gasteiger partial charge in [0, 0.05) is 5.02 Å². The number of halogens is 4. The lowest BCUT2D eigenvalue weighted by Gasteiger charge is -2.29. The molecule has 0 aliphatic carbocycles. The number of hydrogen-bond acceptors (Lipinski definition) is 5. The standard InChI is InChI=1S/C19H12ClF3N4O5S/c20-10-6-8-12(9-7-10)33(31,32)26-18(19(21,22)23)13-14(24-16(18)29)27(17(30)25-15(13)28)11-4-2-1-3-5-11/h1-9,26H,(H,24,29)(H,25,28,30). The van der Waals surface area contributed by atoms with E-state index in [1.165, 1.54) is 29.0 Å². The second kappa shape index (κ2) is 7.57. The number of hydrogen-bond donors (Lipinski definition) is 3. The fraction of sp³-hybridized carbons (Fsp3) is 0.105. The SMILES string of the molecule is O=C1Nc2c(c(=O)[nH]c(=O)n2-c2ccccc2)C1(NS(=O)(=O)c1ccc(Cl)cc1)C(F)(F)F.